The van der Waals surface area contributed by atoms with E-state index in [9.17, 15) is 4.79 Å². The van der Waals surface area contributed by atoms with E-state index in [1.165, 1.54) is 6.07 Å². The van der Waals surface area contributed by atoms with Gasteiger partial charge < -0.3 is 5.11 Å². The van der Waals surface area contributed by atoms with Gasteiger partial charge in [0.05, 0.1) is 15.9 Å². The van der Waals surface area contributed by atoms with Gasteiger partial charge in [0.2, 0.25) is 0 Å². The lowest BCUT2D eigenvalue weighted by Crippen LogP contribution is -1.97. The van der Waals surface area contributed by atoms with Crippen molar-refractivity contribution >= 4 is 33.5 Å². The summed E-state index contributed by atoms with van der Waals surface area (Å²) < 4.78 is 0. The molecule has 1 N–H and O–H groups in total. The number of hydrogen-bond acceptors (Lipinski definition) is 1. The van der Waals surface area contributed by atoms with E-state index in [-0.39, 0.29) is 10.6 Å². The maximum Gasteiger partial charge on any atom is 0.337 e. The lowest BCUT2D eigenvalue weighted by Gasteiger charge is -1.98. The number of benzene rings is 1. The van der Waals surface area contributed by atoms with Gasteiger partial charge in [0, 0.05) is 5.56 Å². The number of carbonyl (C=O) groups is 1. The third-order valence-corrected chi connectivity index (χ3v) is 2.09. The molecule has 0 amide bonds. The minimum Gasteiger partial charge on any atom is -0.478 e. The zero-order chi connectivity index (χ0) is 10.6. The maximum atomic E-state index is 10.6. The Bertz CT molecular complexity index is 418. The standard InChI is InChI=1S/C10H6BrClO2/c11-5-1-2-7-3-4-8(10(13)14)9(12)6-7/h3-4,6H,5H2,(H,13,14). The van der Waals surface area contributed by atoms with Crippen LogP contribution in [-0.2, 0) is 0 Å². The van der Waals surface area contributed by atoms with Crippen LogP contribution in [0.1, 0.15) is 15.9 Å². The molecule has 0 spiro atoms. The third-order valence-electron chi connectivity index (χ3n) is 1.50. The molecule has 0 fully saturated rings. The third kappa shape index (κ3) is 2.76. The molecule has 0 unspecified atom stereocenters. The first kappa shape index (κ1) is 11.1. The number of rotatable bonds is 1. The molecule has 0 radical (unpaired) electrons. The summed E-state index contributed by atoms with van der Waals surface area (Å²) in [7, 11) is 0. The Hall–Kier alpha value is -0.980. The Balaban J connectivity index is 3.06. The summed E-state index contributed by atoms with van der Waals surface area (Å²) in [5.41, 5.74) is 0.801. The fourth-order valence-corrected chi connectivity index (χ4v) is 1.30. The van der Waals surface area contributed by atoms with Gasteiger partial charge in [-0.25, -0.2) is 4.79 Å². The molecule has 14 heavy (non-hydrogen) atoms. The van der Waals surface area contributed by atoms with Gasteiger partial charge in [0.25, 0.3) is 0 Å². The van der Waals surface area contributed by atoms with Crippen LogP contribution in [0, 0.1) is 11.8 Å². The van der Waals surface area contributed by atoms with Gasteiger partial charge in [-0.15, -0.1) is 0 Å². The smallest absolute Gasteiger partial charge is 0.337 e. The highest BCUT2D eigenvalue weighted by atomic mass is 79.9. The molecule has 4 heteroatoms. The van der Waals surface area contributed by atoms with Crippen molar-refractivity contribution in [1.82, 2.24) is 0 Å². The minimum absolute atomic E-state index is 0.0936. The monoisotopic (exact) mass is 272 g/mol. The zero-order valence-electron chi connectivity index (χ0n) is 7.05. The van der Waals surface area contributed by atoms with Crippen LogP contribution in [0.15, 0.2) is 18.2 Å². The number of hydrogen-bond donors (Lipinski definition) is 1. The molecule has 2 nitrogen and oxygen atoms in total. The van der Waals surface area contributed by atoms with E-state index < -0.39 is 5.97 Å². The normalized spacial score (nSPS) is 9.00. The first-order chi connectivity index (χ1) is 6.65. The predicted octanol–water partition coefficient (Wildman–Crippen LogP) is 2.78. The highest BCUT2D eigenvalue weighted by molar-refractivity contribution is 9.09. The second-order valence-electron chi connectivity index (χ2n) is 2.44. The Morgan fingerprint density at radius 2 is 2.29 bits per heavy atom. The number of alkyl halides is 1. The molecular formula is C10H6BrClO2. The van der Waals surface area contributed by atoms with Gasteiger partial charge in [-0.1, -0.05) is 39.4 Å². The maximum absolute atomic E-state index is 10.6. The summed E-state index contributed by atoms with van der Waals surface area (Å²) >= 11 is 8.91. The van der Waals surface area contributed by atoms with E-state index in [2.05, 4.69) is 27.8 Å². The van der Waals surface area contributed by atoms with Crippen molar-refractivity contribution < 1.29 is 9.90 Å². The van der Waals surface area contributed by atoms with Gasteiger partial charge in [-0.2, -0.15) is 0 Å². The summed E-state index contributed by atoms with van der Waals surface area (Å²) in [5, 5.41) is 9.49. The van der Waals surface area contributed by atoms with Crippen molar-refractivity contribution in [1.29, 1.82) is 0 Å². The van der Waals surface area contributed by atoms with Crippen LogP contribution in [0.25, 0.3) is 0 Å². The lowest BCUT2D eigenvalue weighted by molar-refractivity contribution is 0.0697. The summed E-state index contributed by atoms with van der Waals surface area (Å²) in [6, 6.07) is 4.62. The number of carboxylic acid groups (broad SMARTS) is 1. The second-order valence-corrected chi connectivity index (χ2v) is 3.40. The fraction of sp³-hybridized carbons (Fsp3) is 0.100. The van der Waals surface area contributed by atoms with Crippen molar-refractivity contribution in [3.63, 3.8) is 0 Å². The first-order valence-corrected chi connectivity index (χ1v) is 5.22. The van der Waals surface area contributed by atoms with E-state index in [0.29, 0.717) is 10.9 Å². The van der Waals surface area contributed by atoms with Gasteiger partial charge in [-0.3, -0.25) is 0 Å². The molecule has 0 atom stereocenters. The van der Waals surface area contributed by atoms with Crippen LogP contribution >= 0.6 is 27.5 Å². The summed E-state index contributed by atoms with van der Waals surface area (Å²) in [5.74, 6) is 4.60. The minimum atomic E-state index is -1.03. The van der Waals surface area contributed by atoms with Crippen LogP contribution in [0.2, 0.25) is 5.02 Å². The van der Waals surface area contributed by atoms with Crippen LogP contribution in [0.4, 0.5) is 0 Å². The van der Waals surface area contributed by atoms with E-state index in [1.807, 2.05) is 0 Å². The van der Waals surface area contributed by atoms with Gasteiger partial charge in [0.15, 0.2) is 0 Å². The number of carboxylic acids is 1. The Kier molecular flexibility index (Phi) is 3.99. The molecule has 0 aliphatic rings. The van der Waals surface area contributed by atoms with Gasteiger partial charge in [0.1, 0.15) is 0 Å². The molecule has 0 saturated heterocycles. The molecule has 1 rings (SSSR count). The van der Waals surface area contributed by atoms with Crippen molar-refractivity contribution in [3.8, 4) is 11.8 Å². The van der Waals surface area contributed by atoms with Gasteiger partial charge in [-0.05, 0) is 18.2 Å². The number of aromatic carboxylic acids is 1. The average Bonchev–Trinajstić information content (AvgIpc) is 2.14. The van der Waals surface area contributed by atoms with Crippen molar-refractivity contribution in [2.24, 2.45) is 0 Å². The fourth-order valence-electron chi connectivity index (χ4n) is 0.902. The molecule has 0 bridgehead atoms. The van der Waals surface area contributed by atoms with Crippen LogP contribution in [0.3, 0.4) is 0 Å². The molecule has 0 aliphatic heterocycles. The predicted molar refractivity (Wildman–Crippen MR) is 59.1 cm³/mol. The molecule has 1 aromatic carbocycles. The topological polar surface area (TPSA) is 37.3 Å². The van der Waals surface area contributed by atoms with Crippen molar-refractivity contribution in [2.75, 3.05) is 5.33 Å². The van der Waals surface area contributed by atoms with Crippen LogP contribution < -0.4 is 0 Å². The Morgan fingerprint density at radius 3 is 2.79 bits per heavy atom. The Morgan fingerprint density at radius 1 is 1.57 bits per heavy atom. The summed E-state index contributed by atoms with van der Waals surface area (Å²) in [6.07, 6.45) is 0. The largest absolute Gasteiger partial charge is 0.478 e. The highest BCUT2D eigenvalue weighted by Crippen LogP contribution is 2.17. The average molecular weight is 274 g/mol. The van der Waals surface area contributed by atoms with Crippen molar-refractivity contribution in [3.05, 3.63) is 34.3 Å². The molecule has 0 heterocycles. The SMILES string of the molecule is O=C(O)c1ccc(C#CCBr)cc1Cl. The van der Waals surface area contributed by atoms with E-state index >= 15 is 0 Å². The molecule has 0 aromatic heterocycles. The first-order valence-electron chi connectivity index (χ1n) is 3.73. The summed E-state index contributed by atoms with van der Waals surface area (Å²) in [4.78, 5) is 10.6. The van der Waals surface area contributed by atoms with E-state index in [0.717, 1.165) is 0 Å². The van der Waals surface area contributed by atoms with E-state index in [1.54, 1.807) is 12.1 Å². The van der Waals surface area contributed by atoms with Crippen LogP contribution in [-0.4, -0.2) is 16.4 Å². The van der Waals surface area contributed by atoms with Crippen LogP contribution in [0.5, 0.6) is 0 Å². The molecule has 72 valence electrons. The molecule has 0 aliphatic carbocycles. The molecule has 0 saturated carbocycles. The van der Waals surface area contributed by atoms with E-state index in [4.69, 9.17) is 16.7 Å². The lowest BCUT2D eigenvalue weighted by atomic mass is 10.1. The van der Waals surface area contributed by atoms with Crippen molar-refractivity contribution in [2.45, 2.75) is 0 Å². The Labute approximate surface area is 95.0 Å². The summed E-state index contributed by atoms with van der Waals surface area (Å²) in [6.45, 7) is 0. The quantitative estimate of drug-likeness (QED) is 0.631. The number of halogens is 2. The highest BCUT2D eigenvalue weighted by Gasteiger charge is 2.07. The molecule has 1 aromatic rings. The zero-order valence-corrected chi connectivity index (χ0v) is 9.39. The van der Waals surface area contributed by atoms with Gasteiger partial charge >= 0.3 is 5.97 Å². The second kappa shape index (κ2) is 5.04. The molecular weight excluding hydrogens is 267 g/mol.